The molecule has 2 heterocycles. The number of benzene rings is 1. The van der Waals surface area contributed by atoms with Crippen molar-refractivity contribution in [3.8, 4) is 11.5 Å². The van der Waals surface area contributed by atoms with Gasteiger partial charge in [-0.3, -0.25) is 14.5 Å². The van der Waals surface area contributed by atoms with Crippen molar-refractivity contribution in [3.05, 3.63) is 34.9 Å². The quantitative estimate of drug-likeness (QED) is 0.798. The van der Waals surface area contributed by atoms with Crippen LogP contribution in [0.5, 0.6) is 11.5 Å². The summed E-state index contributed by atoms with van der Waals surface area (Å²) in [6.45, 7) is 3.10. The van der Waals surface area contributed by atoms with Crippen molar-refractivity contribution in [1.29, 1.82) is 0 Å². The lowest BCUT2D eigenvalue weighted by atomic mass is 10.2. The van der Waals surface area contributed by atoms with Gasteiger partial charge in [-0.1, -0.05) is 19.1 Å². The largest absolute Gasteiger partial charge is 0.486 e. The molecule has 25 heavy (non-hydrogen) atoms. The van der Waals surface area contributed by atoms with Crippen LogP contribution in [0.3, 0.4) is 0 Å². The molecule has 1 aliphatic rings. The van der Waals surface area contributed by atoms with Crippen LogP contribution in [0, 0.1) is 4.77 Å². The third-order valence-electron chi connectivity index (χ3n) is 4.08. The van der Waals surface area contributed by atoms with Crippen LogP contribution in [-0.2, 0) is 17.8 Å². The summed E-state index contributed by atoms with van der Waals surface area (Å²) in [5.41, 5.74) is 0. The number of carbonyl (C=O) groups is 1. The van der Waals surface area contributed by atoms with Crippen molar-refractivity contribution in [3.63, 3.8) is 0 Å². The molecule has 0 radical (unpaired) electrons. The smallest absolute Gasteiger partial charge is 0.242 e. The van der Waals surface area contributed by atoms with Gasteiger partial charge >= 0.3 is 0 Å². The van der Waals surface area contributed by atoms with Crippen molar-refractivity contribution < 1.29 is 14.3 Å². The van der Waals surface area contributed by atoms with E-state index in [1.165, 1.54) is 0 Å². The number of nitrogens with one attached hydrogen (secondary N) is 1. The first-order valence-electron chi connectivity index (χ1n) is 8.35. The van der Waals surface area contributed by atoms with Crippen molar-refractivity contribution in [2.75, 3.05) is 20.2 Å². The first-order chi connectivity index (χ1) is 12.1. The van der Waals surface area contributed by atoms with E-state index in [1.54, 1.807) is 16.5 Å². The lowest BCUT2D eigenvalue weighted by Gasteiger charge is -2.29. The van der Waals surface area contributed by atoms with Gasteiger partial charge in [0.2, 0.25) is 5.91 Å². The van der Waals surface area contributed by atoms with Gasteiger partial charge in [0.1, 0.15) is 19.0 Å². The number of aromatic nitrogens is 3. The molecule has 2 aromatic rings. The molecule has 0 spiro atoms. The van der Waals surface area contributed by atoms with Gasteiger partial charge in [0.25, 0.3) is 0 Å². The van der Waals surface area contributed by atoms with E-state index in [0.717, 1.165) is 24.4 Å². The molecule has 0 bridgehead atoms. The molecule has 1 amide bonds. The van der Waals surface area contributed by atoms with E-state index in [2.05, 4.69) is 17.1 Å². The molecule has 8 heteroatoms. The molecule has 1 N–H and O–H groups in total. The van der Waals surface area contributed by atoms with Crippen molar-refractivity contribution in [2.45, 2.75) is 32.4 Å². The van der Waals surface area contributed by atoms with Crippen LogP contribution < -0.4 is 9.47 Å². The number of carbonyl (C=O) groups excluding carboxylic acids is 1. The normalized spacial score (nSPS) is 15.8. The average Bonchev–Trinajstić information content (AvgIpc) is 2.95. The number of ether oxygens (including phenoxy) is 2. The predicted octanol–water partition coefficient (Wildman–Crippen LogP) is 2.19. The molecule has 0 saturated carbocycles. The number of nitrogens with zero attached hydrogens (tertiary/aromatic N) is 3. The molecular formula is C17H22N4O3S. The van der Waals surface area contributed by atoms with Crippen LogP contribution in [0.15, 0.2) is 24.3 Å². The van der Waals surface area contributed by atoms with E-state index >= 15 is 0 Å². The lowest BCUT2D eigenvalue weighted by Crippen LogP contribution is -2.42. The standard InChI is InChI=1S/C17H22N4O3S/c1-3-6-15-18-19-17(25)21(15)10-16(22)20(2)9-12-11-23-13-7-4-5-8-14(13)24-12/h4-5,7-8,12H,3,6,9-11H2,1-2H3,(H,19,25)/t12-/m0/s1. The SMILES string of the molecule is CCCc1n[nH]c(=S)n1CC(=O)N(C)C[C@H]1COc2ccccc2O1. The highest BCUT2D eigenvalue weighted by atomic mass is 32.1. The van der Waals surface area contributed by atoms with Crippen LogP contribution >= 0.6 is 12.2 Å². The molecular weight excluding hydrogens is 340 g/mol. The van der Waals surface area contributed by atoms with Crippen LogP contribution in [0.1, 0.15) is 19.2 Å². The Hall–Kier alpha value is -2.35. The Morgan fingerprint density at radius 3 is 2.96 bits per heavy atom. The molecule has 0 aliphatic carbocycles. The second-order valence-electron chi connectivity index (χ2n) is 6.05. The Morgan fingerprint density at radius 2 is 2.20 bits per heavy atom. The Kier molecular flexibility index (Phi) is 5.37. The van der Waals surface area contributed by atoms with E-state index in [9.17, 15) is 4.79 Å². The predicted molar refractivity (Wildman–Crippen MR) is 95.4 cm³/mol. The molecule has 1 atom stereocenters. The van der Waals surface area contributed by atoms with Crippen molar-refractivity contribution in [2.24, 2.45) is 0 Å². The third kappa shape index (κ3) is 4.01. The number of aryl methyl sites for hydroxylation is 1. The van der Waals surface area contributed by atoms with Crippen LogP contribution in [0.25, 0.3) is 0 Å². The fourth-order valence-electron chi connectivity index (χ4n) is 2.74. The minimum absolute atomic E-state index is 0.0442. The number of para-hydroxylation sites is 2. The maximum atomic E-state index is 12.6. The lowest BCUT2D eigenvalue weighted by molar-refractivity contribution is -0.132. The van der Waals surface area contributed by atoms with Crippen LogP contribution in [0.4, 0.5) is 0 Å². The van der Waals surface area contributed by atoms with Crippen LogP contribution in [0.2, 0.25) is 0 Å². The zero-order chi connectivity index (χ0) is 17.8. The van der Waals surface area contributed by atoms with E-state index in [1.807, 2.05) is 24.3 Å². The number of hydrogen-bond donors (Lipinski definition) is 1. The van der Waals surface area contributed by atoms with Crippen LogP contribution in [-0.4, -0.2) is 51.9 Å². The third-order valence-corrected chi connectivity index (χ3v) is 4.39. The van der Waals surface area contributed by atoms with E-state index in [-0.39, 0.29) is 18.6 Å². The summed E-state index contributed by atoms with van der Waals surface area (Å²) >= 11 is 5.23. The van der Waals surface area contributed by atoms with E-state index in [4.69, 9.17) is 21.7 Å². The summed E-state index contributed by atoms with van der Waals surface area (Å²) in [5.74, 6) is 2.21. The number of fused-ring (bicyclic) bond motifs is 1. The first kappa shape index (κ1) is 17.5. The number of aromatic amines is 1. The zero-order valence-electron chi connectivity index (χ0n) is 14.4. The fraction of sp³-hybridized carbons (Fsp3) is 0.471. The fourth-order valence-corrected chi connectivity index (χ4v) is 2.96. The Labute approximate surface area is 151 Å². The zero-order valence-corrected chi connectivity index (χ0v) is 15.2. The second-order valence-corrected chi connectivity index (χ2v) is 6.44. The average molecular weight is 362 g/mol. The van der Waals surface area contributed by atoms with Gasteiger partial charge < -0.3 is 14.4 Å². The van der Waals surface area contributed by atoms with Gasteiger partial charge in [-0.2, -0.15) is 5.10 Å². The number of likely N-dealkylation sites (N-methyl/N-ethyl adjacent to an activating group) is 1. The maximum Gasteiger partial charge on any atom is 0.242 e. The number of amides is 1. The van der Waals surface area contributed by atoms with Gasteiger partial charge in [-0.25, -0.2) is 0 Å². The molecule has 134 valence electrons. The molecule has 3 rings (SSSR count). The van der Waals surface area contributed by atoms with Gasteiger partial charge in [-0.05, 0) is 30.8 Å². The van der Waals surface area contributed by atoms with Gasteiger partial charge in [0.05, 0.1) is 6.54 Å². The Morgan fingerprint density at radius 1 is 1.44 bits per heavy atom. The minimum atomic E-state index is -0.198. The minimum Gasteiger partial charge on any atom is -0.486 e. The number of rotatable bonds is 6. The topological polar surface area (TPSA) is 72.4 Å². The first-order valence-corrected chi connectivity index (χ1v) is 8.75. The van der Waals surface area contributed by atoms with Gasteiger partial charge in [0, 0.05) is 13.5 Å². The summed E-state index contributed by atoms with van der Waals surface area (Å²) in [6.07, 6.45) is 1.52. The summed E-state index contributed by atoms with van der Waals surface area (Å²) in [5, 5.41) is 6.95. The summed E-state index contributed by atoms with van der Waals surface area (Å²) < 4.78 is 13.8. The summed E-state index contributed by atoms with van der Waals surface area (Å²) in [6, 6.07) is 7.54. The maximum absolute atomic E-state index is 12.6. The van der Waals surface area contributed by atoms with Gasteiger partial charge in [-0.15, -0.1) is 0 Å². The summed E-state index contributed by atoms with van der Waals surface area (Å²) in [7, 11) is 1.76. The molecule has 1 aliphatic heterocycles. The highest BCUT2D eigenvalue weighted by Crippen LogP contribution is 2.30. The summed E-state index contributed by atoms with van der Waals surface area (Å²) in [4.78, 5) is 14.2. The molecule has 0 unspecified atom stereocenters. The molecule has 0 fully saturated rings. The van der Waals surface area contributed by atoms with Crippen molar-refractivity contribution >= 4 is 18.1 Å². The number of H-pyrrole nitrogens is 1. The Balaban J connectivity index is 1.60. The number of hydrogen-bond acceptors (Lipinski definition) is 5. The molecule has 1 aromatic heterocycles. The monoisotopic (exact) mass is 362 g/mol. The molecule has 7 nitrogen and oxygen atoms in total. The second kappa shape index (κ2) is 7.69. The van der Waals surface area contributed by atoms with Gasteiger partial charge in [0.15, 0.2) is 22.4 Å². The molecule has 0 saturated heterocycles. The highest BCUT2D eigenvalue weighted by Gasteiger charge is 2.24. The van der Waals surface area contributed by atoms with Crippen molar-refractivity contribution in [1.82, 2.24) is 19.7 Å². The molecule has 1 aromatic carbocycles. The Bertz CT molecular complexity index is 801. The van der Waals surface area contributed by atoms with E-state index < -0.39 is 0 Å². The highest BCUT2D eigenvalue weighted by molar-refractivity contribution is 7.71. The van der Waals surface area contributed by atoms with E-state index in [0.29, 0.717) is 23.7 Å².